The smallest absolute Gasteiger partial charge is 0.249 e. The molecule has 0 aliphatic carbocycles. The van der Waals surface area contributed by atoms with Gasteiger partial charge >= 0.3 is 0 Å². The van der Waals surface area contributed by atoms with Crippen LogP contribution in [-0.2, 0) is 4.79 Å². The molecule has 0 unspecified atom stereocenters. The number of hydrogen-bond donors (Lipinski definition) is 1. The fraction of sp³-hybridized carbons (Fsp3) is 0.286. The fourth-order valence-electron chi connectivity index (χ4n) is 2.36. The van der Waals surface area contributed by atoms with Gasteiger partial charge < -0.3 is 10.2 Å². The average Bonchev–Trinajstić information content (AvgIpc) is 2.52. The Bertz CT molecular complexity index is 636. The first-order chi connectivity index (χ1) is 10.3. The van der Waals surface area contributed by atoms with Gasteiger partial charge in [-0.1, -0.05) is 0 Å². The van der Waals surface area contributed by atoms with Crippen LogP contribution in [0.25, 0.3) is 0 Å². The maximum absolute atomic E-state index is 12.6. The van der Waals surface area contributed by atoms with E-state index in [1.165, 1.54) is 6.33 Å². The lowest BCUT2D eigenvalue weighted by atomic mass is 10.0. The number of carbonyl (C=O) groups excluding carboxylic acids is 1. The molecular formula is C14H14BrN5O. The number of anilines is 2. The highest BCUT2D eigenvalue weighted by Crippen LogP contribution is 2.24. The molecule has 3 heterocycles. The van der Waals surface area contributed by atoms with Crippen molar-refractivity contribution < 1.29 is 4.79 Å². The van der Waals surface area contributed by atoms with Gasteiger partial charge in [0, 0.05) is 18.9 Å². The van der Waals surface area contributed by atoms with Gasteiger partial charge in [0.2, 0.25) is 5.91 Å². The Morgan fingerprint density at radius 2 is 2.24 bits per heavy atom. The Balaban J connectivity index is 1.78. The molecule has 6 nitrogen and oxygen atoms in total. The molecule has 0 bridgehead atoms. The van der Waals surface area contributed by atoms with E-state index in [0.717, 1.165) is 23.0 Å². The van der Waals surface area contributed by atoms with Crippen LogP contribution in [0, 0.1) is 0 Å². The zero-order valence-corrected chi connectivity index (χ0v) is 12.8. The first-order valence-electron chi connectivity index (χ1n) is 6.69. The molecular weight excluding hydrogens is 334 g/mol. The van der Waals surface area contributed by atoms with Crippen molar-refractivity contribution in [2.24, 2.45) is 0 Å². The van der Waals surface area contributed by atoms with E-state index in [2.05, 4.69) is 36.2 Å². The molecule has 3 rings (SSSR count). The lowest BCUT2D eigenvalue weighted by Crippen LogP contribution is -2.48. The molecule has 1 aliphatic rings. The van der Waals surface area contributed by atoms with E-state index < -0.39 is 0 Å². The molecule has 108 valence electrons. The van der Waals surface area contributed by atoms with Crippen molar-refractivity contribution in [2.45, 2.75) is 18.9 Å². The highest BCUT2D eigenvalue weighted by atomic mass is 79.9. The summed E-state index contributed by atoms with van der Waals surface area (Å²) in [5.41, 5.74) is 0.829. The predicted octanol–water partition coefficient (Wildman–Crippen LogP) is 2.24. The van der Waals surface area contributed by atoms with Crippen molar-refractivity contribution in [3.63, 3.8) is 0 Å². The molecule has 1 saturated heterocycles. The van der Waals surface area contributed by atoms with E-state index in [0.29, 0.717) is 12.4 Å². The third kappa shape index (κ3) is 3.02. The summed E-state index contributed by atoms with van der Waals surface area (Å²) >= 11 is 3.38. The summed E-state index contributed by atoms with van der Waals surface area (Å²) in [5, 5.41) is 3.19. The summed E-state index contributed by atoms with van der Waals surface area (Å²) < 4.78 is 0.747. The monoisotopic (exact) mass is 347 g/mol. The number of halogens is 1. The van der Waals surface area contributed by atoms with Gasteiger partial charge in [0.15, 0.2) is 0 Å². The summed E-state index contributed by atoms with van der Waals surface area (Å²) in [7, 11) is 0. The van der Waals surface area contributed by atoms with E-state index in [1.54, 1.807) is 23.5 Å². The topological polar surface area (TPSA) is 71.0 Å². The summed E-state index contributed by atoms with van der Waals surface area (Å²) in [6.45, 7) is 0.716. The number of piperidine rings is 1. The zero-order chi connectivity index (χ0) is 14.7. The molecule has 2 aromatic heterocycles. The van der Waals surface area contributed by atoms with E-state index >= 15 is 0 Å². The van der Waals surface area contributed by atoms with Crippen LogP contribution >= 0.6 is 15.9 Å². The van der Waals surface area contributed by atoms with Gasteiger partial charge in [0.25, 0.3) is 0 Å². The van der Waals surface area contributed by atoms with Crippen LogP contribution < -0.4 is 10.2 Å². The van der Waals surface area contributed by atoms with Crippen LogP contribution in [0.5, 0.6) is 0 Å². The van der Waals surface area contributed by atoms with Crippen molar-refractivity contribution in [3.8, 4) is 0 Å². The van der Waals surface area contributed by atoms with Gasteiger partial charge in [-0.05, 0) is 40.9 Å². The van der Waals surface area contributed by atoms with Crippen LogP contribution in [0.1, 0.15) is 12.8 Å². The minimum atomic E-state index is -0.287. The lowest BCUT2D eigenvalue weighted by molar-refractivity contribution is -0.120. The van der Waals surface area contributed by atoms with Crippen LogP contribution in [0.2, 0.25) is 0 Å². The Kier molecular flexibility index (Phi) is 4.10. The molecule has 0 radical (unpaired) electrons. The number of pyridine rings is 1. The fourth-order valence-corrected chi connectivity index (χ4v) is 2.70. The molecule has 0 spiro atoms. The molecule has 0 saturated carbocycles. The molecule has 1 N–H and O–H groups in total. The Hall–Kier alpha value is -2.02. The predicted molar refractivity (Wildman–Crippen MR) is 83.0 cm³/mol. The SMILES string of the molecule is O=C1[C@@H](Nc2ncncc2Br)CCCN1c1cccnc1. The number of nitrogens with zero attached hydrogens (tertiary/aromatic N) is 4. The average molecular weight is 348 g/mol. The summed E-state index contributed by atoms with van der Waals surface area (Å²) in [6.07, 6.45) is 8.24. The normalized spacial score (nSPS) is 18.6. The second-order valence-corrected chi connectivity index (χ2v) is 5.61. The van der Waals surface area contributed by atoms with Crippen LogP contribution in [0.4, 0.5) is 11.5 Å². The number of hydrogen-bond acceptors (Lipinski definition) is 5. The third-order valence-electron chi connectivity index (χ3n) is 3.37. The minimum Gasteiger partial charge on any atom is -0.357 e. The molecule has 1 amide bonds. The van der Waals surface area contributed by atoms with Crippen molar-refractivity contribution in [2.75, 3.05) is 16.8 Å². The molecule has 21 heavy (non-hydrogen) atoms. The molecule has 2 aromatic rings. The van der Waals surface area contributed by atoms with Gasteiger partial charge in [-0.15, -0.1) is 0 Å². The number of amides is 1. The van der Waals surface area contributed by atoms with Crippen molar-refractivity contribution in [1.82, 2.24) is 15.0 Å². The largest absolute Gasteiger partial charge is 0.357 e. The van der Waals surface area contributed by atoms with Crippen LogP contribution in [0.15, 0.2) is 41.5 Å². The Labute approximate surface area is 130 Å². The number of rotatable bonds is 3. The Morgan fingerprint density at radius 3 is 3.00 bits per heavy atom. The number of aromatic nitrogens is 3. The third-order valence-corrected chi connectivity index (χ3v) is 3.96. The van der Waals surface area contributed by atoms with Crippen LogP contribution in [-0.4, -0.2) is 33.4 Å². The zero-order valence-electron chi connectivity index (χ0n) is 11.2. The first-order valence-corrected chi connectivity index (χ1v) is 7.48. The number of carbonyl (C=O) groups is 1. The molecule has 1 aliphatic heterocycles. The highest BCUT2D eigenvalue weighted by molar-refractivity contribution is 9.10. The summed E-state index contributed by atoms with van der Waals surface area (Å²) in [6, 6.07) is 3.44. The van der Waals surface area contributed by atoms with Gasteiger partial charge in [0.1, 0.15) is 18.2 Å². The molecule has 0 aromatic carbocycles. The van der Waals surface area contributed by atoms with Crippen molar-refractivity contribution in [3.05, 3.63) is 41.5 Å². The van der Waals surface area contributed by atoms with Gasteiger partial charge in [-0.3, -0.25) is 9.78 Å². The molecule has 7 heteroatoms. The maximum Gasteiger partial charge on any atom is 0.249 e. The van der Waals surface area contributed by atoms with E-state index in [4.69, 9.17) is 0 Å². The van der Waals surface area contributed by atoms with E-state index in [-0.39, 0.29) is 11.9 Å². The quantitative estimate of drug-likeness (QED) is 0.921. The standard InChI is InChI=1S/C14H14BrN5O/c15-11-8-17-9-18-13(11)19-12-4-2-6-20(14(12)21)10-3-1-5-16-7-10/h1,3,5,7-9,12H,2,4,6H2,(H,17,18,19)/t12-/m0/s1. The van der Waals surface area contributed by atoms with Gasteiger partial charge in [-0.25, -0.2) is 9.97 Å². The number of nitrogens with one attached hydrogen (secondary N) is 1. The highest BCUT2D eigenvalue weighted by Gasteiger charge is 2.30. The summed E-state index contributed by atoms with van der Waals surface area (Å²) in [5.74, 6) is 0.677. The Morgan fingerprint density at radius 1 is 1.33 bits per heavy atom. The van der Waals surface area contributed by atoms with E-state index in [9.17, 15) is 4.79 Å². The van der Waals surface area contributed by atoms with E-state index in [1.807, 2.05) is 12.1 Å². The van der Waals surface area contributed by atoms with Crippen LogP contribution in [0.3, 0.4) is 0 Å². The van der Waals surface area contributed by atoms with Gasteiger partial charge in [-0.2, -0.15) is 0 Å². The van der Waals surface area contributed by atoms with Gasteiger partial charge in [0.05, 0.1) is 16.4 Å². The lowest BCUT2D eigenvalue weighted by Gasteiger charge is -2.32. The van der Waals surface area contributed by atoms with Crippen molar-refractivity contribution >= 4 is 33.3 Å². The first kappa shape index (κ1) is 13.9. The van der Waals surface area contributed by atoms with Crippen molar-refractivity contribution in [1.29, 1.82) is 0 Å². The maximum atomic E-state index is 12.6. The molecule has 1 atom stereocenters. The second kappa shape index (κ2) is 6.17. The summed E-state index contributed by atoms with van der Waals surface area (Å²) in [4.78, 5) is 26.5. The second-order valence-electron chi connectivity index (χ2n) is 4.76. The molecule has 1 fully saturated rings. The minimum absolute atomic E-state index is 0.0414.